The van der Waals surface area contributed by atoms with Gasteiger partial charge in [0.2, 0.25) is 10.0 Å². The number of sulfonamides is 1. The van der Waals surface area contributed by atoms with Crippen LogP contribution in [-0.2, 0) is 16.4 Å². The molecule has 154 valence electrons. The van der Waals surface area contributed by atoms with Crippen molar-refractivity contribution in [3.63, 3.8) is 0 Å². The van der Waals surface area contributed by atoms with Gasteiger partial charge in [-0.1, -0.05) is 6.07 Å². The number of hydrogen-bond donors (Lipinski definition) is 0. The van der Waals surface area contributed by atoms with Crippen molar-refractivity contribution in [1.29, 1.82) is 0 Å². The van der Waals surface area contributed by atoms with E-state index in [9.17, 15) is 13.2 Å². The molecule has 7 heteroatoms. The van der Waals surface area contributed by atoms with E-state index in [2.05, 4.69) is 0 Å². The van der Waals surface area contributed by atoms with Gasteiger partial charge in [-0.25, -0.2) is 8.42 Å². The van der Waals surface area contributed by atoms with Crippen LogP contribution in [0.25, 0.3) is 0 Å². The van der Waals surface area contributed by atoms with Crippen molar-refractivity contribution in [2.45, 2.75) is 37.5 Å². The van der Waals surface area contributed by atoms with Gasteiger partial charge in [0.1, 0.15) is 5.75 Å². The molecule has 1 saturated heterocycles. The fourth-order valence-corrected chi connectivity index (χ4v) is 5.70. The first-order valence-electron chi connectivity index (χ1n) is 10.0. The summed E-state index contributed by atoms with van der Waals surface area (Å²) in [6.45, 7) is 3.71. The highest BCUT2D eigenvalue weighted by atomic mass is 32.2. The van der Waals surface area contributed by atoms with Crippen LogP contribution in [0, 0.1) is 6.92 Å². The van der Waals surface area contributed by atoms with Crippen molar-refractivity contribution in [3.05, 3.63) is 53.1 Å². The van der Waals surface area contributed by atoms with Gasteiger partial charge in [-0.15, -0.1) is 0 Å². The maximum atomic E-state index is 13.2. The Kier molecular flexibility index (Phi) is 5.36. The summed E-state index contributed by atoms with van der Waals surface area (Å²) >= 11 is 0. The van der Waals surface area contributed by atoms with E-state index in [-0.39, 0.29) is 5.91 Å². The number of ether oxygens (including phenoxy) is 1. The number of aryl methyl sites for hydroxylation is 2. The Labute approximate surface area is 172 Å². The molecule has 0 aliphatic carbocycles. The molecular weight excluding hydrogens is 388 g/mol. The van der Waals surface area contributed by atoms with E-state index >= 15 is 0 Å². The van der Waals surface area contributed by atoms with Crippen LogP contribution in [0.3, 0.4) is 0 Å². The molecule has 0 N–H and O–H groups in total. The fourth-order valence-electron chi connectivity index (χ4n) is 4.13. The number of rotatable bonds is 4. The molecular formula is C22H26N2O4S. The van der Waals surface area contributed by atoms with E-state index in [1.807, 2.05) is 13.0 Å². The van der Waals surface area contributed by atoms with Crippen molar-refractivity contribution in [2.75, 3.05) is 31.6 Å². The fraction of sp³-hybridized carbons (Fsp3) is 0.409. The molecule has 2 aromatic rings. The van der Waals surface area contributed by atoms with Crippen molar-refractivity contribution >= 4 is 21.6 Å². The Morgan fingerprint density at radius 1 is 1.00 bits per heavy atom. The van der Waals surface area contributed by atoms with E-state index in [1.165, 1.54) is 0 Å². The lowest BCUT2D eigenvalue weighted by Gasteiger charge is -2.30. The number of carbonyl (C=O) groups excluding carboxylic acids is 1. The second kappa shape index (κ2) is 7.80. The van der Waals surface area contributed by atoms with E-state index < -0.39 is 10.0 Å². The van der Waals surface area contributed by atoms with Crippen molar-refractivity contribution in [2.24, 2.45) is 0 Å². The minimum absolute atomic E-state index is 0.0978. The van der Waals surface area contributed by atoms with E-state index in [0.717, 1.165) is 42.5 Å². The lowest BCUT2D eigenvalue weighted by Crippen LogP contribution is -2.35. The Morgan fingerprint density at radius 2 is 1.76 bits per heavy atom. The number of anilines is 1. The standard InChI is InChI=1S/C22H26N2O4S/c1-16-7-8-18(15-21(16)28-2)22(25)24-13-5-6-17-14-19(9-10-20(17)24)29(26,27)23-11-3-4-12-23/h7-10,14-15H,3-6,11-13H2,1-2H3. The molecule has 2 aliphatic heterocycles. The molecule has 2 aromatic carbocycles. The van der Waals surface area contributed by atoms with E-state index in [4.69, 9.17) is 4.74 Å². The van der Waals surface area contributed by atoms with Gasteiger partial charge in [-0.05, 0) is 74.1 Å². The SMILES string of the molecule is COc1cc(C(=O)N2CCCc3cc(S(=O)(=O)N4CCCC4)ccc32)ccc1C. The normalized spacial score (nSPS) is 17.2. The third-order valence-corrected chi connectivity index (χ3v) is 7.67. The average molecular weight is 415 g/mol. The second-order valence-electron chi connectivity index (χ2n) is 7.65. The zero-order chi connectivity index (χ0) is 20.6. The molecule has 1 amide bonds. The summed E-state index contributed by atoms with van der Waals surface area (Å²) in [7, 11) is -1.87. The minimum Gasteiger partial charge on any atom is -0.496 e. The van der Waals surface area contributed by atoms with Crippen LogP contribution in [0.2, 0.25) is 0 Å². The molecule has 0 spiro atoms. The smallest absolute Gasteiger partial charge is 0.258 e. The molecule has 4 rings (SSSR count). The highest BCUT2D eigenvalue weighted by Crippen LogP contribution is 2.32. The number of hydrogen-bond acceptors (Lipinski definition) is 4. The summed E-state index contributed by atoms with van der Waals surface area (Å²) in [5.41, 5.74) is 3.24. The third-order valence-electron chi connectivity index (χ3n) is 5.77. The number of fused-ring (bicyclic) bond motifs is 1. The van der Waals surface area contributed by atoms with Crippen molar-refractivity contribution < 1.29 is 17.9 Å². The zero-order valence-corrected chi connectivity index (χ0v) is 17.7. The summed E-state index contributed by atoms with van der Waals surface area (Å²) in [6, 6.07) is 10.6. The molecule has 0 saturated carbocycles. The number of benzene rings is 2. The molecule has 0 radical (unpaired) electrons. The molecule has 1 fully saturated rings. The first kappa shape index (κ1) is 19.9. The van der Waals surface area contributed by atoms with Gasteiger partial charge in [0.25, 0.3) is 5.91 Å². The molecule has 0 aromatic heterocycles. The molecule has 6 nitrogen and oxygen atoms in total. The Morgan fingerprint density at radius 3 is 2.48 bits per heavy atom. The maximum Gasteiger partial charge on any atom is 0.258 e. The van der Waals surface area contributed by atoms with Gasteiger partial charge in [0.15, 0.2) is 0 Å². The van der Waals surface area contributed by atoms with Crippen LogP contribution in [0.1, 0.15) is 40.7 Å². The Hall–Kier alpha value is -2.38. The quantitative estimate of drug-likeness (QED) is 0.769. The van der Waals surface area contributed by atoms with Crippen molar-refractivity contribution in [3.8, 4) is 5.75 Å². The summed E-state index contributed by atoms with van der Waals surface area (Å²) in [4.78, 5) is 15.2. The van der Waals surface area contributed by atoms with Crippen molar-refractivity contribution in [1.82, 2.24) is 4.31 Å². The average Bonchev–Trinajstić information content (AvgIpc) is 3.28. The van der Waals surface area contributed by atoms with Gasteiger partial charge >= 0.3 is 0 Å². The highest BCUT2D eigenvalue weighted by molar-refractivity contribution is 7.89. The van der Waals surface area contributed by atoms with E-state index in [1.54, 1.807) is 46.6 Å². The molecule has 0 unspecified atom stereocenters. The van der Waals surface area contributed by atoms with Crippen LogP contribution in [-0.4, -0.2) is 45.4 Å². The zero-order valence-electron chi connectivity index (χ0n) is 16.8. The second-order valence-corrected chi connectivity index (χ2v) is 9.58. The van der Waals surface area contributed by atoms with Crippen LogP contribution in [0.15, 0.2) is 41.3 Å². The van der Waals surface area contributed by atoms with Gasteiger partial charge in [0.05, 0.1) is 12.0 Å². The van der Waals surface area contributed by atoms with Crippen LogP contribution in [0.4, 0.5) is 5.69 Å². The summed E-state index contributed by atoms with van der Waals surface area (Å²) in [6.07, 6.45) is 3.38. The lowest BCUT2D eigenvalue weighted by atomic mass is 10.0. The van der Waals surface area contributed by atoms with Gasteiger partial charge < -0.3 is 9.64 Å². The van der Waals surface area contributed by atoms with E-state index in [0.29, 0.717) is 35.8 Å². The van der Waals surface area contributed by atoms with Gasteiger partial charge in [-0.3, -0.25) is 4.79 Å². The molecule has 0 atom stereocenters. The lowest BCUT2D eigenvalue weighted by molar-refractivity contribution is 0.0984. The number of methoxy groups -OCH3 is 1. The minimum atomic E-state index is -3.46. The third kappa shape index (κ3) is 3.65. The molecule has 2 heterocycles. The monoisotopic (exact) mass is 414 g/mol. The largest absolute Gasteiger partial charge is 0.496 e. The first-order chi connectivity index (χ1) is 13.9. The van der Waals surface area contributed by atoms with Gasteiger partial charge in [-0.2, -0.15) is 4.31 Å². The highest BCUT2D eigenvalue weighted by Gasteiger charge is 2.30. The Balaban J connectivity index is 1.66. The number of carbonyl (C=O) groups is 1. The summed E-state index contributed by atoms with van der Waals surface area (Å²) in [5, 5.41) is 0. The maximum absolute atomic E-state index is 13.2. The van der Waals surface area contributed by atoms with Crippen LogP contribution in [0.5, 0.6) is 5.75 Å². The number of amides is 1. The summed E-state index contributed by atoms with van der Waals surface area (Å²) < 4.78 is 32.7. The summed E-state index contributed by atoms with van der Waals surface area (Å²) in [5.74, 6) is 0.583. The van der Waals surface area contributed by atoms with Gasteiger partial charge in [0, 0.05) is 30.9 Å². The molecule has 2 aliphatic rings. The topological polar surface area (TPSA) is 66.9 Å². The number of nitrogens with zero attached hydrogens (tertiary/aromatic N) is 2. The van der Waals surface area contributed by atoms with Crippen LogP contribution >= 0.6 is 0 Å². The first-order valence-corrected chi connectivity index (χ1v) is 11.5. The predicted octanol–water partition coefficient (Wildman–Crippen LogP) is 3.38. The molecule has 29 heavy (non-hydrogen) atoms. The molecule has 0 bridgehead atoms. The predicted molar refractivity (Wildman–Crippen MR) is 112 cm³/mol. The van der Waals surface area contributed by atoms with Crippen LogP contribution < -0.4 is 9.64 Å². The Bertz CT molecular complexity index is 1040.